The first-order valence-electron chi connectivity index (χ1n) is 8.87. The average Bonchev–Trinajstić information content (AvgIpc) is 3.14. The van der Waals surface area contributed by atoms with Gasteiger partial charge in [0.05, 0.1) is 5.69 Å². The van der Waals surface area contributed by atoms with Crippen LogP contribution in [0, 0.1) is 13.8 Å². The summed E-state index contributed by atoms with van der Waals surface area (Å²) in [5.41, 5.74) is 5.17. The lowest BCUT2D eigenvalue weighted by Crippen LogP contribution is -2.18. The van der Waals surface area contributed by atoms with Crippen molar-refractivity contribution in [3.8, 4) is 22.7 Å². The van der Waals surface area contributed by atoms with Crippen molar-refractivity contribution in [2.45, 2.75) is 20.5 Å². The Balaban J connectivity index is 1.61. The Morgan fingerprint density at radius 2 is 1.82 bits per heavy atom. The van der Waals surface area contributed by atoms with Gasteiger partial charge in [-0.2, -0.15) is 4.68 Å². The molecule has 0 atom stereocenters. The number of H-pyrrole nitrogens is 1. The van der Waals surface area contributed by atoms with E-state index in [0.29, 0.717) is 11.6 Å². The minimum absolute atomic E-state index is 0.264. The fourth-order valence-corrected chi connectivity index (χ4v) is 3.07. The second-order valence-electron chi connectivity index (χ2n) is 6.49. The van der Waals surface area contributed by atoms with E-state index in [0.717, 1.165) is 27.8 Å². The van der Waals surface area contributed by atoms with Crippen LogP contribution in [0.3, 0.4) is 0 Å². The van der Waals surface area contributed by atoms with E-state index < -0.39 is 5.69 Å². The topological polar surface area (TPSA) is 85.7 Å². The molecule has 0 aliphatic heterocycles. The number of aryl methyl sites for hydroxylation is 2. The van der Waals surface area contributed by atoms with Gasteiger partial charge < -0.3 is 4.74 Å². The highest BCUT2D eigenvalue weighted by atomic mass is 16.5. The van der Waals surface area contributed by atoms with Gasteiger partial charge in [0.1, 0.15) is 6.61 Å². The maximum atomic E-state index is 11.9. The van der Waals surface area contributed by atoms with Crippen molar-refractivity contribution in [3.05, 3.63) is 88.0 Å². The van der Waals surface area contributed by atoms with Crippen molar-refractivity contribution < 1.29 is 4.74 Å². The quantitative estimate of drug-likeness (QED) is 0.581. The van der Waals surface area contributed by atoms with Gasteiger partial charge in [0, 0.05) is 22.9 Å². The molecule has 0 unspecified atom stereocenters. The van der Waals surface area contributed by atoms with Gasteiger partial charge in [0.2, 0.25) is 5.88 Å². The fraction of sp³-hybridized carbons (Fsp3) is 0.143. The van der Waals surface area contributed by atoms with E-state index >= 15 is 0 Å². The largest absolute Gasteiger partial charge is 0.473 e. The predicted octanol–water partition coefficient (Wildman–Crippen LogP) is 3.21. The maximum absolute atomic E-state index is 11.9. The van der Waals surface area contributed by atoms with Crippen LogP contribution in [0.5, 0.6) is 5.88 Å². The second-order valence-corrected chi connectivity index (χ2v) is 6.49. The lowest BCUT2D eigenvalue weighted by molar-refractivity contribution is 0.290. The molecule has 4 rings (SSSR count). The van der Waals surface area contributed by atoms with Crippen molar-refractivity contribution in [1.82, 2.24) is 25.2 Å². The molecule has 0 bridgehead atoms. The number of hydrogen-bond acceptors (Lipinski definition) is 5. The molecule has 28 heavy (non-hydrogen) atoms. The SMILES string of the molecule is Cc1cc(-c2ccccc2)cnc1OCc1c(C)cccc1-n1nn[nH]c1=O. The predicted molar refractivity (Wildman–Crippen MR) is 105 cm³/mol. The molecule has 0 saturated carbocycles. The molecule has 0 fully saturated rings. The van der Waals surface area contributed by atoms with Crippen molar-refractivity contribution in [3.63, 3.8) is 0 Å². The highest BCUT2D eigenvalue weighted by Crippen LogP contribution is 2.25. The Morgan fingerprint density at radius 3 is 2.54 bits per heavy atom. The number of benzene rings is 2. The number of aromatic amines is 1. The van der Waals surface area contributed by atoms with Gasteiger partial charge in [-0.25, -0.2) is 14.9 Å². The first-order chi connectivity index (χ1) is 13.6. The monoisotopic (exact) mass is 373 g/mol. The fourth-order valence-electron chi connectivity index (χ4n) is 3.07. The zero-order chi connectivity index (χ0) is 19.5. The number of rotatable bonds is 5. The van der Waals surface area contributed by atoms with Crippen LogP contribution in [-0.2, 0) is 6.61 Å². The van der Waals surface area contributed by atoms with Crippen LogP contribution in [-0.4, -0.2) is 25.2 Å². The summed E-state index contributed by atoms with van der Waals surface area (Å²) in [5.74, 6) is 0.557. The van der Waals surface area contributed by atoms with E-state index in [2.05, 4.69) is 26.6 Å². The van der Waals surface area contributed by atoms with E-state index in [1.165, 1.54) is 4.68 Å². The molecule has 1 N–H and O–H groups in total. The van der Waals surface area contributed by atoms with E-state index in [4.69, 9.17) is 4.74 Å². The summed E-state index contributed by atoms with van der Waals surface area (Å²) in [4.78, 5) is 16.4. The third kappa shape index (κ3) is 3.42. The standard InChI is InChI=1S/C21H19N5O2/c1-14-7-6-10-19(26-21(27)23-24-25-26)18(14)13-28-20-15(2)11-17(12-22-20)16-8-4-3-5-9-16/h3-12H,13H2,1-2H3,(H,23,25,27). The highest BCUT2D eigenvalue weighted by molar-refractivity contribution is 5.63. The van der Waals surface area contributed by atoms with E-state index in [1.54, 1.807) is 6.20 Å². The third-order valence-corrected chi connectivity index (χ3v) is 4.58. The molecule has 0 radical (unpaired) electrons. The Hall–Kier alpha value is -3.74. The second kappa shape index (κ2) is 7.48. The summed E-state index contributed by atoms with van der Waals surface area (Å²) < 4.78 is 7.21. The molecule has 2 aromatic heterocycles. The van der Waals surface area contributed by atoms with Gasteiger partial charge in [-0.3, -0.25) is 0 Å². The molecule has 2 heterocycles. The Morgan fingerprint density at radius 1 is 1.00 bits per heavy atom. The first-order valence-corrected chi connectivity index (χ1v) is 8.87. The van der Waals surface area contributed by atoms with Crippen molar-refractivity contribution in [1.29, 1.82) is 0 Å². The Kier molecular flexibility index (Phi) is 4.72. The number of ether oxygens (including phenoxy) is 1. The van der Waals surface area contributed by atoms with E-state index in [9.17, 15) is 4.79 Å². The van der Waals surface area contributed by atoms with Crippen LogP contribution in [0.2, 0.25) is 0 Å². The summed E-state index contributed by atoms with van der Waals surface area (Å²) >= 11 is 0. The van der Waals surface area contributed by atoms with Crippen LogP contribution in [0.1, 0.15) is 16.7 Å². The number of nitrogens with one attached hydrogen (secondary N) is 1. The van der Waals surface area contributed by atoms with Crippen LogP contribution in [0.4, 0.5) is 0 Å². The summed E-state index contributed by atoms with van der Waals surface area (Å²) in [6, 6.07) is 17.8. The Bertz CT molecular complexity index is 1160. The van der Waals surface area contributed by atoms with Gasteiger partial charge in [-0.05, 0) is 47.5 Å². The van der Waals surface area contributed by atoms with Gasteiger partial charge in [-0.1, -0.05) is 42.5 Å². The highest BCUT2D eigenvalue weighted by Gasteiger charge is 2.13. The summed E-state index contributed by atoms with van der Waals surface area (Å²) in [7, 11) is 0. The summed E-state index contributed by atoms with van der Waals surface area (Å²) in [6.07, 6.45) is 1.80. The van der Waals surface area contributed by atoms with Gasteiger partial charge in [-0.15, -0.1) is 0 Å². The molecule has 7 nitrogen and oxygen atoms in total. The Labute approximate surface area is 161 Å². The van der Waals surface area contributed by atoms with Crippen LogP contribution in [0.25, 0.3) is 16.8 Å². The number of hydrogen-bond donors (Lipinski definition) is 1. The lowest BCUT2D eigenvalue weighted by atomic mass is 10.1. The molecule has 0 amide bonds. The van der Waals surface area contributed by atoms with E-state index in [1.807, 2.05) is 62.4 Å². The number of aromatic nitrogens is 5. The van der Waals surface area contributed by atoms with Crippen molar-refractivity contribution in [2.24, 2.45) is 0 Å². The molecule has 0 spiro atoms. The number of nitrogens with zero attached hydrogens (tertiary/aromatic N) is 4. The minimum Gasteiger partial charge on any atom is -0.473 e. The van der Waals surface area contributed by atoms with Gasteiger partial charge >= 0.3 is 5.69 Å². The first kappa shape index (κ1) is 17.7. The summed E-state index contributed by atoms with van der Waals surface area (Å²) in [6.45, 7) is 4.20. The normalized spacial score (nSPS) is 10.8. The molecule has 0 saturated heterocycles. The molecule has 0 aliphatic carbocycles. The minimum atomic E-state index is -0.395. The summed E-state index contributed by atoms with van der Waals surface area (Å²) in [5, 5.41) is 9.71. The molecule has 0 aliphatic rings. The molecule has 7 heteroatoms. The van der Waals surface area contributed by atoms with Gasteiger partial charge in [0.25, 0.3) is 0 Å². The van der Waals surface area contributed by atoms with Crippen LogP contribution < -0.4 is 10.4 Å². The van der Waals surface area contributed by atoms with Crippen LogP contribution >= 0.6 is 0 Å². The third-order valence-electron chi connectivity index (χ3n) is 4.58. The number of pyridine rings is 1. The molecular weight excluding hydrogens is 354 g/mol. The van der Waals surface area contributed by atoms with E-state index in [-0.39, 0.29) is 6.61 Å². The van der Waals surface area contributed by atoms with Crippen molar-refractivity contribution in [2.75, 3.05) is 0 Å². The molecular formula is C21H19N5O2. The lowest BCUT2D eigenvalue weighted by Gasteiger charge is -2.14. The maximum Gasteiger partial charge on any atom is 0.365 e. The average molecular weight is 373 g/mol. The number of tetrazole rings is 1. The molecule has 4 aromatic rings. The van der Waals surface area contributed by atoms with Crippen LogP contribution in [0.15, 0.2) is 65.6 Å². The van der Waals surface area contributed by atoms with Crippen molar-refractivity contribution >= 4 is 0 Å². The molecule has 140 valence electrons. The smallest absolute Gasteiger partial charge is 0.365 e. The zero-order valence-electron chi connectivity index (χ0n) is 15.6. The molecule has 2 aromatic carbocycles. The zero-order valence-corrected chi connectivity index (χ0v) is 15.6. The van der Waals surface area contributed by atoms with Gasteiger partial charge in [0.15, 0.2) is 0 Å².